The molecule has 1 N–H and O–H groups in total. The van der Waals surface area contributed by atoms with Gasteiger partial charge in [0.15, 0.2) is 0 Å². The summed E-state index contributed by atoms with van der Waals surface area (Å²) < 4.78 is 0. The first-order valence-corrected chi connectivity index (χ1v) is 10.6. The molecule has 0 fully saturated rings. The molecular formula is C25H19ClN4O2. The second-order valence-corrected chi connectivity index (χ2v) is 8.08. The molecule has 0 saturated heterocycles. The maximum absolute atomic E-state index is 13.3. The van der Waals surface area contributed by atoms with Crippen LogP contribution in [-0.2, 0) is 4.79 Å². The Hall–Kier alpha value is -3.77. The zero-order chi connectivity index (χ0) is 22.2. The van der Waals surface area contributed by atoms with E-state index in [2.05, 4.69) is 15.1 Å². The third-order valence-electron chi connectivity index (χ3n) is 5.59. The number of aromatic nitrogens is 2. The predicted octanol–water partition coefficient (Wildman–Crippen LogP) is 4.94. The summed E-state index contributed by atoms with van der Waals surface area (Å²) in [5, 5.41) is 7.41. The standard InChI is InChI=1S/C25H19ClN4O2/c1-15(31)30-22(19-9-5-6-12-27-19)14-21(29-30)24-23(16-7-3-2-4-8-16)18-11-10-17(26)13-20(18)28-25(24)32/h2-13,22H,14H2,1H3,(H,28,32). The fraction of sp³-hybridized carbons (Fsp3) is 0.120. The van der Waals surface area contributed by atoms with Crippen LogP contribution in [0.2, 0.25) is 5.02 Å². The molecular weight excluding hydrogens is 424 g/mol. The van der Waals surface area contributed by atoms with Crippen LogP contribution in [0.1, 0.15) is 30.6 Å². The number of H-pyrrole nitrogens is 1. The van der Waals surface area contributed by atoms with E-state index in [4.69, 9.17) is 11.6 Å². The number of hydrazone groups is 1. The summed E-state index contributed by atoms with van der Waals surface area (Å²) in [6, 6.07) is 20.3. The molecule has 2 aromatic carbocycles. The van der Waals surface area contributed by atoms with Crippen molar-refractivity contribution < 1.29 is 4.79 Å². The van der Waals surface area contributed by atoms with Crippen molar-refractivity contribution >= 4 is 34.1 Å². The van der Waals surface area contributed by atoms with Crippen LogP contribution in [0.3, 0.4) is 0 Å². The molecule has 5 rings (SSSR count). The van der Waals surface area contributed by atoms with E-state index in [0.717, 1.165) is 22.2 Å². The van der Waals surface area contributed by atoms with Gasteiger partial charge in [-0.25, -0.2) is 5.01 Å². The van der Waals surface area contributed by atoms with Crippen LogP contribution >= 0.6 is 11.6 Å². The topological polar surface area (TPSA) is 78.4 Å². The summed E-state index contributed by atoms with van der Waals surface area (Å²) in [6.45, 7) is 1.47. The van der Waals surface area contributed by atoms with Crippen molar-refractivity contribution in [3.63, 3.8) is 0 Å². The van der Waals surface area contributed by atoms with Gasteiger partial charge in [0.2, 0.25) is 5.91 Å². The minimum atomic E-state index is -0.368. The summed E-state index contributed by atoms with van der Waals surface area (Å²) in [4.78, 5) is 33.1. The highest BCUT2D eigenvalue weighted by Gasteiger charge is 2.34. The molecule has 4 aromatic rings. The van der Waals surface area contributed by atoms with E-state index in [0.29, 0.717) is 28.2 Å². The van der Waals surface area contributed by atoms with E-state index >= 15 is 0 Å². The number of aromatic amines is 1. The number of hydrogen-bond acceptors (Lipinski definition) is 4. The van der Waals surface area contributed by atoms with Crippen molar-refractivity contribution in [2.75, 3.05) is 0 Å². The third kappa shape index (κ3) is 3.48. The molecule has 3 heterocycles. The van der Waals surface area contributed by atoms with Crippen LogP contribution in [-0.4, -0.2) is 26.6 Å². The van der Waals surface area contributed by atoms with Gasteiger partial charge in [-0.1, -0.05) is 54.1 Å². The zero-order valence-electron chi connectivity index (χ0n) is 17.2. The highest BCUT2D eigenvalue weighted by atomic mass is 35.5. The smallest absolute Gasteiger partial charge is 0.258 e. The highest BCUT2D eigenvalue weighted by Crippen LogP contribution is 2.36. The average Bonchev–Trinajstić information content (AvgIpc) is 3.24. The van der Waals surface area contributed by atoms with E-state index < -0.39 is 0 Å². The number of rotatable bonds is 3. The summed E-state index contributed by atoms with van der Waals surface area (Å²) in [6.07, 6.45) is 2.08. The molecule has 1 amide bonds. The number of nitrogens with zero attached hydrogens (tertiary/aromatic N) is 3. The Bertz CT molecular complexity index is 1410. The number of carbonyl (C=O) groups is 1. The third-order valence-corrected chi connectivity index (χ3v) is 5.82. The summed E-state index contributed by atoms with van der Waals surface area (Å²) in [7, 11) is 0. The molecule has 0 bridgehead atoms. The number of benzene rings is 2. The van der Waals surface area contributed by atoms with Gasteiger partial charge >= 0.3 is 0 Å². The molecule has 0 radical (unpaired) electrons. The van der Waals surface area contributed by atoms with Crippen LogP contribution in [0.4, 0.5) is 0 Å². The lowest BCUT2D eigenvalue weighted by molar-refractivity contribution is -0.130. The number of halogens is 1. The Morgan fingerprint density at radius 2 is 1.84 bits per heavy atom. The van der Waals surface area contributed by atoms with Crippen molar-refractivity contribution in [2.24, 2.45) is 5.10 Å². The largest absolute Gasteiger partial charge is 0.321 e. The number of hydrogen-bond donors (Lipinski definition) is 1. The van der Waals surface area contributed by atoms with Crippen molar-refractivity contribution in [1.29, 1.82) is 0 Å². The number of carbonyl (C=O) groups excluding carboxylic acids is 1. The Labute approximate surface area is 189 Å². The monoisotopic (exact) mass is 442 g/mol. The van der Waals surface area contributed by atoms with Crippen LogP contribution in [0.15, 0.2) is 82.8 Å². The molecule has 0 aliphatic carbocycles. The quantitative estimate of drug-likeness (QED) is 0.488. The highest BCUT2D eigenvalue weighted by molar-refractivity contribution is 6.31. The van der Waals surface area contributed by atoms with E-state index in [1.165, 1.54) is 11.9 Å². The normalized spacial score (nSPS) is 15.8. The van der Waals surface area contributed by atoms with Crippen LogP contribution in [0, 0.1) is 0 Å². The number of fused-ring (bicyclic) bond motifs is 1. The minimum Gasteiger partial charge on any atom is -0.321 e. The predicted molar refractivity (Wildman–Crippen MR) is 126 cm³/mol. The molecule has 158 valence electrons. The van der Waals surface area contributed by atoms with Crippen LogP contribution < -0.4 is 5.56 Å². The fourth-order valence-electron chi connectivity index (χ4n) is 4.21. The second kappa shape index (κ2) is 8.05. The van der Waals surface area contributed by atoms with Crippen molar-refractivity contribution in [3.05, 3.63) is 99.6 Å². The Balaban J connectivity index is 1.75. The average molecular weight is 443 g/mol. The molecule has 0 spiro atoms. The van der Waals surface area contributed by atoms with Gasteiger partial charge in [-0.3, -0.25) is 14.6 Å². The SMILES string of the molecule is CC(=O)N1N=C(c2c(-c3ccccc3)c3ccc(Cl)cc3[nH]c2=O)CC1c1ccccn1. The fourth-order valence-corrected chi connectivity index (χ4v) is 4.38. The van der Waals surface area contributed by atoms with Crippen molar-refractivity contribution in [1.82, 2.24) is 15.0 Å². The Morgan fingerprint density at radius 3 is 2.56 bits per heavy atom. The van der Waals surface area contributed by atoms with Crippen molar-refractivity contribution in [2.45, 2.75) is 19.4 Å². The van der Waals surface area contributed by atoms with E-state index in [-0.39, 0.29) is 17.5 Å². The van der Waals surface area contributed by atoms with Gasteiger partial charge in [0.05, 0.1) is 22.5 Å². The summed E-state index contributed by atoms with van der Waals surface area (Å²) in [5.41, 5.74) is 3.76. The Kier molecular flexibility index (Phi) is 5.07. The minimum absolute atomic E-state index is 0.207. The van der Waals surface area contributed by atoms with E-state index in [9.17, 15) is 9.59 Å². The molecule has 32 heavy (non-hydrogen) atoms. The van der Waals surface area contributed by atoms with Gasteiger partial charge in [-0.15, -0.1) is 0 Å². The molecule has 1 aliphatic heterocycles. The maximum atomic E-state index is 13.3. The molecule has 1 aliphatic rings. The summed E-state index contributed by atoms with van der Waals surface area (Å²) >= 11 is 6.18. The lowest BCUT2D eigenvalue weighted by Gasteiger charge is -2.19. The first-order chi connectivity index (χ1) is 15.5. The van der Waals surface area contributed by atoms with E-state index in [1.54, 1.807) is 18.3 Å². The molecule has 6 nitrogen and oxygen atoms in total. The summed E-state index contributed by atoms with van der Waals surface area (Å²) in [5.74, 6) is -0.207. The second-order valence-electron chi connectivity index (χ2n) is 7.64. The van der Waals surface area contributed by atoms with Crippen molar-refractivity contribution in [3.8, 4) is 11.1 Å². The van der Waals surface area contributed by atoms with Crippen LogP contribution in [0.25, 0.3) is 22.0 Å². The maximum Gasteiger partial charge on any atom is 0.258 e. The molecule has 7 heteroatoms. The van der Waals surface area contributed by atoms with Gasteiger partial charge in [0.25, 0.3) is 5.56 Å². The molecule has 0 saturated carbocycles. The lowest BCUT2D eigenvalue weighted by Crippen LogP contribution is -2.24. The number of pyridine rings is 2. The molecule has 1 unspecified atom stereocenters. The van der Waals surface area contributed by atoms with Gasteiger partial charge in [-0.2, -0.15) is 5.10 Å². The Morgan fingerprint density at radius 1 is 1.06 bits per heavy atom. The number of amides is 1. The zero-order valence-corrected chi connectivity index (χ0v) is 18.0. The first kappa shape index (κ1) is 20.2. The van der Waals surface area contributed by atoms with Gasteiger partial charge in [0, 0.05) is 35.5 Å². The van der Waals surface area contributed by atoms with Gasteiger partial charge in [0.1, 0.15) is 6.04 Å². The molecule has 2 aromatic heterocycles. The number of nitrogens with one attached hydrogen (secondary N) is 1. The van der Waals surface area contributed by atoms with Gasteiger partial charge in [-0.05, 0) is 29.8 Å². The van der Waals surface area contributed by atoms with Crippen LogP contribution in [0.5, 0.6) is 0 Å². The molecule has 1 atom stereocenters. The van der Waals surface area contributed by atoms with Gasteiger partial charge < -0.3 is 4.98 Å². The lowest BCUT2D eigenvalue weighted by atomic mass is 9.91. The van der Waals surface area contributed by atoms with E-state index in [1.807, 2.05) is 54.6 Å². The first-order valence-electron chi connectivity index (χ1n) is 10.2.